The van der Waals surface area contributed by atoms with E-state index in [1.807, 2.05) is 11.9 Å². The standard InChI is InChI=1S/C23H42N4O7S/c1-5-6-14-11-15(26(3)12-14)21(31)25-16(13(2)24-23(32)27-7-9-33-10-8-27)20-18(29)17(28)19(30)22(34-20)35-4/h13-20,22,28-30H,5-12H2,1-4H3,(H,24,32)(H,25,31)/t13?,14?,15?,16?,17-,18+,19+,20+,22+/m0/s1. The van der Waals surface area contributed by atoms with Gasteiger partial charge in [-0.2, -0.15) is 0 Å². The molecule has 4 unspecified atom stereocenters. The number of nitrogens with zero attached hydrogens (tertiary/aromatic N) is 2. The number of ether oxygens (including phenoxy) is 2. The van der Waals surface area contributed by atoms with Crippen molar-refractivity contribution >= 4 is 23.7 Å². The number of morpholine rings is 1. The highest BCUT2D eigenvalue weighted by molar-refractivity contribution is 7.99. The van der Waals surface area contributed by atoms with Crippen LogP contribution in [0.1, 0.15) is 33.1 Å². The van der Waals surface area contributed by atoms with Gasteiger partial charge in [0.1, 0.15) is 29.9 Å². The highest BCUT2D eigenvalue weighted by Crippen LogP contribution is 2.30. The number of urea groups is 1. The van der Waals surface area contributed by atoms with E-state index in [-0.39, 0.29) is 18.0 Å². The normalized spacial score (nSPS) is 36.0. The number of nitrogens with one attached hydrogen (secondary N) is 2. The van der Waals surface area contributed by atoms with Crippen LogP contribution < -0.4 is 10.6 Å². The zero-order valence-corrected chi connectivity index (χ0v) is 21.9. The van der Waals surface area contributed by atoms with E-state index in [1.165, 1.54) is 11.8 Å². The Kier molecular flexibility index (Phi) is 10.5. The second kappa shape index (κ2) is 12.9. The molecule has 3 heterocycles. The Hall–Kier alpha value is -1.15. The van der Waals surface area contributed by atoms with E-state index in [0.29, 0.717) is 32.2 Å². The van der Waals surface area contributed by atoms with E-state index >= 15 is 0 Å². The van der Waals surface area contributed by atoms with Gasteiger partial charge in [0.05, 0.1) is 31.3 Å². The first-order valence-electron chi connectivity index (χ1n) is 12.5. The number of aliphatic hydroxyl groups is 3. The van der Waals surface area contributed by atoms with Crippen molar-refractivity contribution in [2.45, 2.75) is 81.1 Å². The molecule has 11 nitrogen and oxygen atoms in total. The van der Waals surface area contributed by atoms with Crippen LogP contribution in [0.25, 0.3) is 0 Å². The lowest BCUT2D eigenvalue weighted by molar-refractivity contribution is -0.206. The molecule has 5 N–H and O–H groups in total. The van der Waals surface area contributed by atoms with Gasteiger partial charge in [0.15, 0.2) is 0 Å². The van der Waals surface area contributed by atoms with Gasteiger partial charge in [0, 0.05) is 19.6 Å². The van der Waals surface area contributed by atoms with Gasteiger partial charge in [-0.1, -0.05) is 13.3 Å². The lowest BCUT2D eigenvalue weighted by atomic mass is 9.90. The molecule has 0 aromatic carbocycles. The maximum absolute atomic E-state index is 13.4. The number of likely N-dealkylation sites (tertiary alicyclic amines) is 1. The summed E-state index contributed by atoms with van der Waals surface area (Å²) < 4.78 is 11.3. The van der Waals surface area contributed by atoms with Gasteiger partial charge >= 0.3 is 6.03 Å². The fourth-order valence-corrected chi connectivity index (χ4v) is 5.97. The lowest BCUT2D eigenvalue weighted by Crippen LogP contribution is -2.68. The molecule has 12 heteroatoms. The first-order chi connectivity index (χ1) is 16.7. The minimum Gasteiger partial charge on any atom is -0.388 e. The van der Waals surface area contributed by atoms with Crippen LogP contribution in [-0.2, 0) is 14.3 Å². The van der Waals surface area contributed by atoms with Gasteiger partial charge < -0.3 is 40.3 Å². The van der Waals surface area contributed by atoms with E-state index in [0.717, 1.165) is 25.8 Å². The van der Waals surface area contributed by atoms with Crippen molar-refractivity contribution in [3.8, 4) is 0 Å². The molecule has 3 rings (SSSR count). The molecule has 0 aromatic rings. The molecule has 0 bridgehead atoms. The van der Waals surface area contributed by atoms with Crippen molar-refractivity contribution in [3.05, 3.63) is 0 Å². The summed E-state index contributed by atoms with van der Waals surface area (Å²) in [5.74, 6) is 0.229. The fraction of sp³-hybridized carbons (Fsp3) is 0.913. The van der Waals surface area contributed by atoms with Crippen molar-refractivity contribution < 1.29 is 34.4 Å². The summed E-state index contributed by atoms with van der Waals surface area (Å²) in [5.41, 5.74) is -0.789. The van der Waals surface area contributed by atoms with Gasteiger partial charge in [-0.15, -0.1) is 11.8 Å². The molecule has 202 valence electrons. The molecule has 0 aromatic heterocycles. The number of carbonyl (C=O) groups excluding carboxylic acids is 2. The molecule has 9 atom stereocenters. The number of hydrogen-bond donors (Lipinski definition) is 5. The summed E-state index contributed by atoms with van der Waals surface area (Å²) in [7, 11) is 1.92. The van der Waals surface area contributed by atoms with E-state index < -0.39 is 41.9 Å². The van der Waals surface area contributed by atoms with Crippen molar-refractivity contribution in [1.29, 1.82) is 0 Å². The molecule has 0 radical (unpaired) electrons. The van der Waals surface area contributed by atoms with Crippen LogP contribution in [0.2, 0.25) is 0 Å². The quantitative estimate of drug-likeness (QED) is 0.279. The summed E-state index contributed by atoms with van der Waals surface area (Å²) >= 11 is 1.21. The highest BCUT2D eigenvalue weighted by atomic mass is 32.2. The van der Waals surface area contributed by atoms with E-state index in [4.69, 9.17) is 9.47 Å². The smallest absolute Gasteiger partial charge is 0.317 e. The zero-order chi connectivity index (χ0) is 25.7. The average Bonchev–Trinajstić information content (AvgIpc) is 3.22. The number of likely N-dealkylation sites (N-methyl/N-ethyl adjacent to an activating group) is 1. The Balaban J connectivity index is 1.78. The lowest BCUT2D eigenvalue weighted by Gasteiger charge is -2.45. The van der Waals surface area contributed by atoms with Gasteiger partial charge in [0.25, 0.3) is 0 Å². The Labute approximate surface area is 211 Å². The van der Waals surface area contributed by atoms with Gasteiger partial charge in [0.2, 0.25) is 5.91 Å². The summed E-state index contributed by atoms with van der Waals surface area (Å²) in [5, 5.41) is 37.5. The van der Waals surface area contributed by atoms with Crippen LogP contribution in [0.3, 0.4) is 0 Å². The Morgan fingerprint density at radius 1 is 1.11 bits per heavy atom. The molecular weight excluding hydrogens is 476 g/mol. The van der Waals surface area contributed by atoms with Crippen LogP contribution in [-0.4, -0.2) is 131 Å². The van der Waals surface area contributed by atoms with Crippen molar-refractivity contribution in [3.63, 3.8) is 0 Å². The number of aliphatic hydroxyl groups excluding tert-OH is 3. The summed E-state index contributed by atoms with van der Waals surface area (Å²) in [6.45, 7) is 6.54. The Morgan fingerprint density at radius 2 is 1.80 bits per heavy atom. The second-order valence-electron chi connectivity index (χ2n) is 9.89. The molecule has 0 aliphatic carbocycles. The van der Waals surface area contributed by atoms with Crippen molar-refractivity contribution in [2.24, 2.45) is 5.92 Å². The summed E-state index contributed by atoms with van der Waals surface area (Å²) in [4.78, 5) is 29.9. The topological polar surface area (TPSA) is 144 Å². The maximum Gasteiger partial charge on any atom is 0.317 e. The summed E-state index contributed by atoms with van der Waals surface area (Å²) in [6.07, 6.45) is -0.638. The first kappa shape index (κ1) is 28.4. The van der Waals surface area contributed by atoms with E-state index in [2.05, 4.69) is 17.6 Å². The minimum atomic E-state index is -1.45. The number of hydrogen-bond acceptors (Lipinski definition) is 9. The SMILES string of the molecule is CCCC1CC(C(=O)NC(C(C)NC(=O)N2CCOCC2)[C@H]2O[C@H](SC)[C@H](O)[C@@H](O)[C@H]2O)N(C)C1. The third-order valence-corrected chi connectivity index (χ3v) is 8.18. The van der Waals surface area contributed by atoms with Crippen LogP contribution in [0.4, 0.5) is 4.79 Å². The molecule has 3 amide bonds. The number of thioether (sulfide) groups is 1. The molecule has 3 saturated heterocycles. The Bertz CT molecular complexity index is 711. The third-order valence-electron chi connectivity index (χ3n) is 7.32. The van der Waals surface area contributed by atoms with Crippen molar-refractivity contribution in [2.75, 3.05) is 46.2 Å². The Morgan fingerprint density at radius 3 is 2.43 bits per heavy atom. The van der Waals surface area contributed by atoms with Gasteiger partial charge in [-0.05, 0) is 39.0 Å². The number of amides is 3. The average molecular weight is 519 g/mol. The molecule has 0 spiro atoms. The molecule has 3 fully saturated rings. The van der Waals surface area contributed by atoms with Crippen molar-refractivity contribution in [1.82, 2.24) is 20.4 Å². The zero-order valence-electron chi connectivity index (χ0n) is 21.1. The van der Waals surface area contributed by atoms with E-state index in [1.54, 1.807) is 18.1 Å². The van der Waals surface area contributed by atoms with Crippen LogP contribution >= 0.6 is 11.8 Å². The molecule has 35 heavy (non-hydrogen) atoms. The summed E-state index contributed by atoms with van der Waals surface area (Å²) in [6, 6.07) is -2.09. The van der Waals surface area contributed by atoms with Gasteiger partial charge in [-0.3, -0.25) is 9.69 Å². The largest absolute Gasteiger partial charge is 0.388 e. The maximum atomic E-state index is 13.4. The first-order valence-corrected chi connectivity index (χ1v) is 13.8. The van der Waals surface area contributed by atoms with Gasteiger partial charge in [-0.25, -0.2) is 4.79 Å². The molecule has 3 aliphatic rings. The predicted molar refractivity (Wildman–Crippen MR) is 132 cm³/mol. The fourth-order valence-electron chi connectivity index (χ4n) is 5.29. The van der Waals surface area contributed by atoms with Crippen LogP contribution in [0, 0.1) is 5.92 Å². The van der Waals surface area contributed by atoms with E-state index in [9.17, 15) is 24.9 Å². The predicted octanol–water partition coefficient (Wildman–Crippen LogP) is -0.807. The molecule has 3 aliphatic heterocycles. The number of carbonyl (C=O) groups is 2. The minimum absolute atomic E-state index is 0.208. The monoisotopic (exact) mass is 518 g/mol. The molecule has 0 saturated carbocycles. The third kappa shape index (κ3) is 6.79. The second-order valence-corrected chi connectivity index (χ2v) is 10.8. The molecular formula is C23H42N4O7S. The number of rotatable bonds is 8. The van der Waals surface area contributed by atoms with Crippen LogP contribution in [0.5, 0.6) is 0 Å². The van der Waals surface area contributed by atoms with Crippen LogP contribution in [0.15, 0.2) is 0 Å². The highest BCUT2D eigenvalue weighted by Gasteiger charge is 2.49.